The Morgan fingerprint density at radius 2 is 1.96 bits per heavy atom. The van der Waals surface area contributed by atoms with Crippen molar-refractivity contribution in [1.82, 2.24) is 15.1 Å². The zero-order chi connectivity index (χ0) is 18.4. The van der Waals surface area contributed by atoms with E-state index in [2.05, 4.69) is 30.9 Å². The van der Waals surface area contributed by atoms with E-state index in [4.69, 9.17) is 0 Å². The van der Waals surface area contributed by atoms with E-state index in [0.29, 0.717) is 16.7 Å². The third-order valence-electron chi connectivity index (χ3n) is 3.83. The van der Waals surface area contributed by atoms with Gasteiger partial charge in [-0.3, -0.25) is 14.7 Å². The van der Waals surface area contributed by atoms with Gasteiger partial charge in [-0.2, -0.15) is 5.10 Å². The number of aromatic amines is 1. The van der Waals surface area contributed by atoms with E-state index in [1.165, 1.54) is 7.11 Å². The van der Waals surface area contributed by atoms with E-state index in [1.54, 1.807) is 4.90 Å². The average molecular weight is 408 g/mol. The maximum absolute atomic E-state index is 13.0. The molecule has 0 atom stereocenters. The molecule has 1 amide bonds. The Morgan fingerprint density at radius 1 is 1.28 bits per heavy atom. The molecule has 0 aliphatic heterocycles. The SMILES string of the molecule is COC(=O)CCN(Cc1ccccc1)C(=O)c1n[nH]c(C(C)C)c1Br. The quantitative estimate of drug-likeness (QED) is 0.712. The van der Waals surface area contributed by atoms with Crippen molar-refractivity contribution in [2.24, 2.45) is 0 Å². The minimum Gasteiger partial charge on any atom is -0.469 e. The highest BCUT2D eigenvalue weighted by Crippen LogP contribution is 2.26. The number of rotatable bonds is 7. The summed E-state index contributed by atoms with van der Waals surface area (Å²) in [6.07, 6.45) is 0.133. The highest BCUT2D eigenvalue weighted by Gasteiger charge is 2.24. The van der Waals surface area contributed by atoms with E-state index in [1.807, 2.05) is 44.2 Å². The lowest BCUT2D eigenvalue weighted by Gasteiger charge is -2.21. The molecule has 0 unspecified atom stereocenters. The van der Waals surface area contributed by atoms with Crippen molar-refractivity contribution in [2.75, 3.05) is 13.7 Å². The zero-order valence-electron chi connectivity index (χ0n) is 14.6. The monoisotopic (exact) mass is 407 g/mol. The van der Waals surface area contributed by atoms with Crippen LogP contribution in [-0.4, -0.2) is 40.6 Å². The maximum atomic E-state index is 13.0. The number of nitrogens with zero attached hydrogens (tertiary/aromatic N) is 2. The van der Waals surface area contributed by atoms with Crippen LogP contribution in [0.25, 0.3) is 0 Å². The van der Waals surface area contributed by atoms with Crippen molar-refractivity contribution < 1.29 is 14.3 Å². The van der Waals surface area contributed by atoms with Crippen LogP contribution >= 0.6 is 15.9 Å². The molecular formula is C18H22BrN3O3. The summed E-state index contributed by atoms with van der Waals surface area (Å²) in [6, 6.07) is 9.64. The highest BCUT2D eigenvalue weighted by atomic mass is 79.9. The summed E-state index contributed by atoms with van der Waals surface area (Å²) < 4.78 is 5.36. The van der Waals surface area contributed by atoms with Crippen LogP contribution < -0.4 is 0 Å². The molecule has 0 bridgehead atoms. The molecule has 1 N–H and O–H groups in total. The van der Waals surface area contributed by atoms with Crippen molar-refractivity contribution >= 4 is 27.8 Å². The summed E-state index contributed by atoms with van der Waals surface area (Å²) in [5.74, 6) is -0.376. The van der Waals surface area contributed by atoms with E-state index >= 15 is 0 Å². The van der Waals surface area contributed by atoms with Gasteiger partial charge in [-0.05, 0) is 27.4 Å². The molecule has 0 saturated heterocycles. The molecule has 1 aromatic heterocycles. The average Bonchev–Trinajstić information content (AvgIpc) is 3.00. The first-order valence-corrected chi connectivity index (χ1v) is 8.87. The summed E-state index contributed by atoms with van der Waals surface area (Å²) in [7, 11) is 1.34. The summed E-state index contributed by atoms with van der Waals surface area (Å²) in [5, 5.41) is 7.08. The van der Waals surface area contributed by atoms with Gasteiger partial charge in [0.1, 0.15) is 0 Å². The number of esters is 1. The second kappa shape index (κ2) is 8.80. The number of ether oxygens (including phenoxy) is 1. The van der Waals surface area contributed by atoms with Gasteiger partial charge in [-0.25, -0.2) is 0 Å². The van der Waals surface area contributed by atoms with Crippen molar-refractivity contribution in [3.05, 3.63) is 51.8 Å². The fourth-order valence-electron chi connectivity index (χ4n) is 2.40. The summed E-state index contributed by atoms with van der Waals surface area (Å²) in [6.45, 7) is 4.70. The van der Waals surface area contributed by atoms with Crippen LogP contribution in [0.2, 0.25) is 0 Å². The van der Waals surface area contributed by atoms with Crippen molar-refractivity contribution in [3.63, 3.8) is 0 Å². The minimum atomic E-state index is -0.352. The Labute approximate surface area is 155 Å². The van der Waals surface area contributed by atoms with Crippen molar-refractivity contribution in [2.45, 2.75) is 32.7 Å². The Kier molecular flexibility index (Phi) is 6.75. The van der Waals surface area contributed by atoms with Gasteiger partial charge in [0.2, 0.25) is 0 Å². The first-order chi connectivity index (χ1) is 11.9. The molecule has 2 aromatic rings. The molecule has 0 saturated carbocycles. The largest absolute Gasteiger partial charge is 0.469 e. The van der Waals surface area contributed by atoms with Gasteiger partial charge in [0.15, 0.2) is 5.69 Å². The highest BCUT2D eigenvalue weighted by molar-refractivity contribution is 9.10. The van der Waals surface area contributed by atoms with Crippen molar-refractivity contribution in [3.8, 4) is 0 Å². The number of methoxy groups -OCH3 is 1. The number of hydrogen-bond acceptors (Lipinski definition) is 4. The van der Waals surface area contributed by atoms with Gasteiger partial charge in [-0.1, -0.05) is 44.2 Å². The molecule has 1 aromatic carbocycles. The number of aromatic nitrogens is 2. The topological polar surface area (TPSA) is 75.3 Å². The van der Waals surface area contributed by atoms with Gasteiger partial charge in [0.25, 0.3) is 5.91 Å². The molecule has 25 heavy (non-hydrogen) atoms. The zero-order valence-corrected chi connectivity index (χ0v) is 16.2. The molecule has 6 nitrogen and oxygen atoms in total. The standard InChI is InChI=1S/C18H22BrN3O3/c1-12(2)16-15(19)17(21-20-16)18(24)22(10-9-14(23)25-3)11-13-7-5-4-6-8-13/h4-8,12H,9-11H2,1-3H3,(H,20,21). The van der Waals surface area contributed by atoms with Crippen LogP contribution in [0.4, 0.5) is 0 Å². The lowest BCUT2D eigenvalue weighted by atomic mass is 10.1. The minimum absolute atomic E-state index is 0.133. The number of halogens is 1. The molecule has 0 fully saturated rings. The van der Waals surface area contributed by atoms with Gasteiger partial charge >= 0.3 is 5.97 Å². The molecule has 134 valence electrons. The fraction of sp³-hybridized carbons (Fsp3) is 0.389. The third kappa shape index (κ3) is 4.92. The Hall–Kier alpha value is -2.15. The first kappa shape index (κ1) is 19.2. The summed E-state index contributed by atoms with van der Waals surface area (Å²) in [5.41, 5.74) is 2.18. The Morgan fingerprint density at radius 3 is 2.52 bits per heavy atom. The predicted octanol–water partition coefficient (Wildman–Crippen LogP) is 3.50. The number of amides is 1. The molecule has 1 heterocycles. The molecule has 0 radical (unpaired) electrons. The third-order valence-corrected chi connectivity index (χ3v) is 4.63. The maximum Gasteiger partial charge on any atom is 0.307 e. The number of benzene rings is 1. The summed E-state index contributed by atoms with van der Waals surface area (Å²) >= 11 is 3.47. The van der Waals surface area contributed by atoms with Crippen LogP contribution in [0.15, 0.2) is 34.8 Å². The van der Waals surface area contributed by atoms with Crippen LogP contribution in [0.1, 0.15) is 47.9 Å². The van der Waals surface area contributed by atoms with E-state index in [-0.39, 0.29) is 30.8 Å². The van der Waals surface area contributed by atoms with Crippen LogP contribution in [0.5, 0.6) is 0 Å². The molecule has 0 aliphatic rings. The lowest BCUT2D eigenvalue weighted by Crippen LogP contribution is -2.33. The first-order valence-electron chi connectivity index (χ1n) is 8.07. The number of nitrogens with one attached hydrogen (secondary N) is 1. The van der Waals surface area contributed by atoms with Gasteiger partial charge in [0, 0.05) is 13.1 Å². The van der Waals surface area contributed by atoms with Gasteiger partial charge in [-0.15, -0.1) is 0 Å². The predicted molar refractivity (Wildman–Crippen MR) is 98.2 cm³/mol. The molecule has 7 heteroatoms. The summed E-state index contributed by atoms with van der Waals surface area (Å²) in [4.78, 5) is 26.1. The van der Waals surface area contributed by atoms with Crippen LogP contribution in [0, 0.1) is 0 Å². The van der Waals surface area contributed by atoms with Gasteiger partial charge in [0.05, 0.1) is 23.7 Å². The molecule has 2 rings (SSSR count). The number of hydrogen-bond donors (Lipinski definition) is 1. The Balaban J connectivity index is 2.23. The lowest BCUT2D eigenvalue weighted by molar-refractivity contribution is -0.140. The fourth-order valence-corrected chi connectivity index (χ4v) is 3.21. The van der Waals surface area contributed by atoms with Crippen LogP contribution in [0.3, 0.4) is 0 Å². The normalized spacial score (nSPS) is 10.8. The van der Waals surface area contributed by atoms with E-state index in [0.717, 1.165) is 11.3 Å². The van der Waals surface area contributed by atoms with Crippen LogP contribution in [-0.2, 0) is 16.1 Å². The molecule has 0 spiro atoms. The molecular weight excluding hydrogens is 386 g/mol. The second-order valence-electron chi connectivity index (χ2n) is 5.99. The number of H-pyrrole nitrogens is 1. The Bertz CT molecular complexity index is 728. The van der Waals surface area contributed by atoms with E-state index < -0.39 is 0 Å². The smallest absolute Gasteiger partial charge is 0.307 e. The van der Waals surface area contributed by atoms with Crippen molar-refractivity contribution in [1.29, 1.82) is 0 Å². The second-order valence-corrected chi connectivity index (χ2v) is 6.79. The number of carbonyl (C=O) groups excluding carboxylic acids is 2. The van der Waals surface area contributed by atoms with Gasteiger partial charge < -0.3 is 9.64 Å². The van der Waals surface area contributed by atoms with E-state index in [9.17, 15) is 9.59 Å². The molecule has 0 aliphatic carbocycles. The number of carbonyl (C=O) groups is 2.